The molecule has 3 aromatic rings. The Morgan fingerprint density at radius 2 is 1.50 bits per heavy atom. The summed E-state index contributed by atoms with van der Waals surface area (Å²) in [7, 11) is 0. The zero-order valence-electron chi connectivity index (χ0n) is 13.9. The van der Waals surface area contributed by atoms with Crippen molar-refractivity contribution in [3.8, 4) is 0 Å². The Labute approximate surface area is 144 Å². The third kappa shape index (κ3) is 3.56. The first-order valence-corrected chi connectivity index (χ1v) is 8.77. The van der Waals surface area contributed by atoms with Crippen LogP contribution in [0, 0.1) is 5.92 Å². The number of pyridine rings is 1. The third-order valence-corrected chi connectivity index (χ3v) is 4.76. The van der Waals surface area contributed by atoms with Crippen molar-refractivity contribution in [1.82, 2.24) is 4.98 Å². The number of aromatic nitrogens is 1. The van der Waals surface area contributed by atoms with Gasteiger partial charge in [0.15, 0.2) is 0 Å². The molecule has 1 aliphatic rings. The normalized spacial score (nSPS) is 14.0. The van der Waals surface area contributed by atoms with Crippen molar-refractivity contribution >= 4 is 0 Å². The summed E-state index contributed by atoms with van der Waals surface area (Å²) in [6.45, 7) is 0. The van der Waals surface area contributed by atoms with Crippen LogP contribution in [-0.4, -0.2) is 4.98 Å². The summed E-state index contributed by atoms with van der Waals surface area (Å²) >= 11 is 0. The zero-order valence-corrected chi connectivity index (χ0v) is 13.9. The Balaban J connectivity index is 1.67. The summed E-state index contributed by atoms with van der Waals surface area (Å²) in [5.74, 6) is 2.26. The molecular formula is C23H22N. The molecule has 0 bridgehead atoms. The van der Waals surface area contributed by atoms with Gasteiger partial charge in [0.05, 0.1) is 0 Å². The second kappa shape index (κ2) is 7.00. The Morgan fingerprint density at radius 3 is 2.25 bits per heavy atom. The number of hydrogen-bond acceptors (Lipinski definition) is 1. The molecule has 1 saturated carbocycles. The van der Waals surface area contributed by atoms with E-state index in [2.05, 4.69) is 65.6 Å². The van der Waals surface area contributed by atoms with E-state index in [9.17, 15) is 0 Å². The largest absolute Gasteiger partial charge is 0.264 e. The van der Waals surface area contributed by atoms with Gasteiger partial charge in [-0.15, -0.1) is 0 Å². The Bertz CT molecular complexity index is 734. The minimum absolute atomic E-state index is 0.765. The highest BCUT2D eigenvalue weighted by Gasteiger charge is 2.28. The van der Waals surface area contributed by atoms with Gasteiger partial charge < -0.3 is 0 Å². The van der Waals surface area contributed by atoms with Crippen LogP contribution in [0.15, 0.2) is 79.1 Å². The fourth-order valence-corrected chi connectivity index (χ4v) is 3.41. The number of nitrogens with zero attached hydrogens (tertiary/aromatic N) is 1. The van der Waals surface area contributed by atoms with E-state index in [1.54, 1.807) is 0 Å². The molecule has 0 spiro atoms. The maximum Gasteiger partial charge on any atom is 0.0300 e. The lowest BCUT2D eigenvalue weighted by Crippen LogP contribution is -2.10. The van der Waals surface area contributed by atoms with E-state index in [1.807, 2.05) is 18.5 Å². The monoisotopic (exact) mass is 312 g/mol. The van der Waals surface area contributed by atoms with E-state index < -0.39 is 0 Å². The first-order valence-electron chi connectivity index (χ1n) is 8.77. The quantitative estimate of drug-likeness (QED) is 0.596. The molecule has 0 aliphatic heterocycles. The van der Waals surface area contributed by atoms with Crippen LogP contribution in [0.2, 0.25) is 0 Å². The predicted octanol–water partition coefficient (Wildman–Crippen LogP) is 5.37. The lowest BCUT2D eigenvalue weighted by atomic mass is 9.83. The van der Waals surface area contributed by atoms with E-state index >= 15 is 0 Å². The summed E-state index contributed by atoms with van der Waals surface area (Å²) in [4.78, 5) is 4.29. The van der Waals surface area contributed by atoms with Crippen molar-refractivity contribution in [2.75, 3.05) is 0 Å². The van der Waals surface area contributed by atoms with E-state index in [0.29, 0.717) is 0 Å². The van der Waals surface area contributed by atoms with Gasteiger partial charge in [-0.3, -0.25) is 4.98 Å². The Hall–Kier alpha value is -2.41. The summed E-state index contributed by atoms with van der Waals surface area (Å²) in [5.41, 5.74) is 5.65. The number of rotatable bonds is 6. The van der Waals surface area contributed by atoms with E-state index in [0.717, 1.165) is 18.8 Å². The standard InChI is InChI=1S/C23H22N/c1-2-7-18(8-3-1)15-21(16-19-9-6-14-24-17-19)23-11-5-4-10-22(23)20-12-13-20/h1-11,14,17,20H,12-13,15-16H2. The van der Waals surface area contributed by atoms with Crippen LogP contribution in [-0.2, 0) is 12.8 Å². The minimum Gasteiger partial charge on any atom is -0.264 e. The topological polar surface area (TPSA) is 12.9 Å². The molecule has 2 aromatic carbocycles. The summed E-state index contributed by atoms with van der Waals surface area (Å²) in [6.07, 6.45) is 8.47. The van der Waals surface area contributed by atoms with Gasteiger partial charge in [0.25, 0.3) is 0 Å². The lowest BCUT2D eigenvalue weighted by molar-refractivity contribution is 0.876. The molecular weight excluding hydrogens is 290 g/mol. The van der Waals surface area contributed by atoms with Crippen molar-refractivity contribution in [2.24, 2.45) is 0 Å². The molecule has 0 amide bonds. The molecule has 1 heterocycles. The molecule has 0 saturated heterocycles. The highest BCUT2D eigenvalue weighted by atomic mass is 14.6. The van der Waals surface area contributed by atoms with Crippen molar-refractivity contribution in [3.63, 3.8) is 0 Å². The average molecular weight is 312 g/mol. The van der Waals surface area contributed by atoms with Crippen molar-refractivity contribution in [3.05, 3.63) is 107 Å². The molecule has 0 N–H and O–H groups in total. The second-order valence-electron chi connectivity index (χ2n) is 6.67. The average Bonchev–Trinajstić information content (AvgIpc) is 3.48. The molecule has 1 aliphatic carbocycles. The number of benzene rings is 2. The van der Waals surface area contributed by atoms with Gasteiger partial charge in [0.2, 0.25) is 0 Å². The zero-order chi connectivity index (χ0) is 16.2. The van der Waals surface area contributed by atoms with Gasteiger partial charge in [-0.25, -0.2) is 0 Å². The van der Waals surface area contributed by atoms with Crippen LogP contribution >= 0.6 is 0 Å². The van der Waals surface area contributed by atoms with Gasteiger partial charge in [-0.05, 0) is 59.9 Å². The molecule has 1 aromatic heterocycles. The van der Waals surface area contributed by atoms with Crippen LogP contribution in [0.25, 0.3) is 0 Å². The molecule has 1 heteroatoms. The molecule has 119 valence electrons. The van der Waals surface area contributed by atoms with Crippen LogP contribution in [0.4, 0.5) is 0 Å². The molecule has 1 nitrogen and oxygen atoms in total. The van der Waals surface area contributed by atoms with Crippen LogP contribution < -0.4 is 0 Å². The smallest absolute Gasteiger partial charge is 0.0300 e. The van der Waals surface area contributed by atoms with Gasteiger partial charge in [-0.2, -0.15) is 0 Å². The second-order valence-corrected chi connectivity index (χ2v) is 6.67. The molecule has 0 atom stereocenters. The van der Waals surface area contributed by atoms with E-state index in [1.165, 1.54) is 41.0 Å². The van der Waals surface area contributed by atoms with Crippen LogP contribution in [0.3, 0.4) is 0 Å². The van der Waals surface area contributed by atoms with E-state index in [-0.39, 0.29) is 0 Å². The lowest BCUT2D eigenvalue weighted by Gasteiger charge is -2.20. The maximum absolute atomic E-state index is 4.29. The van der Waals surface area contributed by atoms with Gasteiger partial charge in [0.1, 0.15) is 0 Å². The van der Waals surface area contributed by atoms with Gasteiger partial charge in [-0.1, -0.05) is 60.7 Å². The van der Waals surface area contributed by atoms with E-state index in [4.69, 9.17) is 0 Å². The predicted molar refractivity (Wildman–Crippen MR) is 98.8 cm³/mol. The molecule has 24 heavy (non-hydrogen) atoms. The SMILES string of the molecule is c1ccc(C[C](Cc2cccnc2)c2ccccc2C2CC2)cc1. The molecule has 4 rings (SSSR count). The molecule has 1 fully saturated rings. The number of hydrogen-bond donors (Lipinski definition) is 0. The molecule has 1 radical (unpaired) electrons. The molecule has 0 unspecified atom stereocenters. The first kappa shape index (κ1) is 15.1. The van der Waals surface area contributed by atoms with Gasteiger partial charge >= 0.3 is 0 Å². The highest BCUT2D eigenvalue weighted by molar-refractivity contribution is 5.45. The van der Waals surface area contributed by atoms with Crippen molar-refractivity contribution in [1.29, 1.82) is 0 Å². The van der Waals surface area contributed by atoms with Crippen LogP contribution in [0.5, 0.6) is 0 Å². The fourth-order valence-electron chi connectivity index (χ4n) is 3.41. The van der Waals surface area contributed by atoms with Crippen molar-refractivity contribution < 1.29 is 0 Å². The Morgan fingerprint density at radius 1 is 0.792 bits per heavy atom. The highest BCUT2D eigenvalue weighted by Crippen LogP contribution is 2.44. The van der Waals surface area contributed by atoms with Gasteiger partial charge in [0, 0.05) is 18.3 Å². The van der Waals surface area contributed by atoms with Crippen LogP contribution in [0.1, 0.15) is 41.0 Å². The Kier molecular flexibility index (Phi) is 4.42. The first-order chi connectivity index (χ1) is 11.9. The fraction of sp³-hybridized carbons (Fsp3) is 0.217. The summed E-state index contributed by atoms with van der Waals surface area (Å²) < 4.78 is 0. The summed E-state index contributed by atoms with van der Waals surface area (Å²) in [5, 5.41) is 0. The third-order valence-electron chi connectivity index (χ3n) is 4.76. The summed E-state index contributed by atoms with van der Waals surface area (Å²) in [6, 6.07) is 24.0. The maximum atomic E-state index is 4.29. The van der Waals surface area contributed by atoms with Crippen molar-refractivity contribution in [2.45, 2.75) is 31.6 Å². The minimum atomic E-state index is 0.765.